The molecule has 0 saturated carbocycles. The van der Waals surface area contributed by atoms with Gasteiger partial charge in [0.2, 0.25) is 0 Å². The predicted molar refractivity (Wildman–Crippen MR) is 114 cm³/mol. The summed E-state index contributed by atoms with van der Waals surface area (Å²) in [4.78, 5) is 45.1. The van der Waals surface area contributed by atoms with E-state index >= 15 is 0 Å². The number of ether oxygens (including phenoxy) is 4. The standard InChI is InChI=1S/C22H35NO8/c1-6-18(24)28-12-13-30-20(26)9-8-17(3)16-22(4,5)10-11-23-21(27)31-15-14-29-19(25)7-2/h6-7,17H,1-2,8-16H2,3-5H3,(H,23,27). The average molecular weight is 442 g/mol. The van der Waals surface area contributed by atoms with Crippen molar-refractivity contribution in [3.05, 3.63) is 25.3 Å². The summed E-state index contributed by atoms with van der Waals surface area (Å²) in [6.45, 7) is 13.2. The van der Waals surface area contributed by atoms with Crippen molar-refractivity contribution >= 4 is 24.0 Å². The molecule has 0 fully saturated rings. The zero-order chi connectivity index (χ0) is 23.7. The minimum Gasteiger partial charge on any atom is -0.462 e. The molecule has 9 heteroatoms. The number of amides is 1. The van der Waals surface area contributed by atoms with Crippen LogP contribution in [0.4, 0.5) is 4.79 Å². The summed E-state index contributed by atoms with van der Waals surface area (Å²) in [5, 5.41) is 2.67. The molecular weight excluding hydrogens is 406 g/mol. The third-order valence-electron chi connectivity index (χ3n) is 4.30. The average Bonchev–Trinajstić information content (AvgIpc) is 2.71. The lowest BCUT2D eigenvalue weighted by molar-refractivity contribution is -0.149. The van der Waals surface area contributed by atoms with E-state index in [-0.39, 0.29) is 50.2 Å². The highest BCUT2D eigenvalue weighted by atomic mass is 16.6. The fourth-order valence-corrected chi connectivity index (χ4v) is 2.83. The van der Waals surface area contributed by atoms with Gasteiger partial charge >= 0.3 is 24.0 Å². The van der Waals surface area contributed by atoms with Gasteiger partial charge < -0.3 is 24.3 Å². The van der Waals surface area contributed by atoms with Crippen LogP contribution in [-0.2, 0) is 33.3 Å². The Balaban J connectivity index is 3.93. The fourth-order valence-electron chi connectivity index (χ4n) is 2.83. The van der Waals surface area contributed by atoms with Crippen LogP contribution in [0, 0.1) is 11.3 Å². The van der Waals surface area contributed by atoms with Crippen LogP contribution in [-0.4, -0.2) is 57.0 Å². The van der Waals surface area contributed by atoms with Gasteiger partial charge in [0, 0.05) is 25.1 Å². The summed E-state index contributed by atoms with van der Waals surface area (Å²) in [5.41, 5.74) is -0.0466. The molecule has 0 aromatic heterocycles. The molecule has 0 saturated heterocycles. The lowest BCUT2D eigenvalue weighted by Gasteiger charge is -2.28. The zero-order valence-corrected chi connectivity index (χ0v) is 18.8. The first-order chi connectivity index (χ1) is 14.6. The molecule has 0 bridgehead atoms. The second-order valence-electron chi connectivity index (χ2n) is 7.79. The van der Waals surface area contributed by atoms with Crippen LogP contribution in [0.25, 0.3) is 0 Å². The van der Waals surface area contributed by atoms with E-state index in [2.05, 4.69) is 39.2 Å². The van der Waals surface area contributed by atoms with Gasteiger partial charge in [-0.25, -0.2) is 14.4 Å². The van der Waals surface area contributed by atoms with Crippen LogP contribution in [0.2, 0.25) is 0 Å². The summed E-state index contributed by atoms with van der Waals surface area (Å²) in [5.74, 6) is -1.17. The molecule has 1 N–H and O–H groups in total. The quantitative estimate of drug-likeness (QED) is 0.168. The first-order valence-corrected chi connectivity index (χ1v) is 10.2. The molecule has 0 spiro atoms. The number of carbonyl (C=O) groups excluding carboxylic acids is 4. The van der Waals surface area contributed by atoms with Gasteiger partial charge in [-0.2, -0.15) is 0 Å². The smallest absolute Gasteiger partial charge is 0.407 e. The third-order valence-corrected chi connectivity index (χ3v) is 4.30. The topological polar surface area (TPSA) is 117 Å². The molecule has 1 atom stereocenters. The lowest BCUT2D eigenvalue weighted by Crippen LogP contribution is -2.30. The summed E-state index contributed by atoms with van der Waals surface area (Å²) >= 11 is 0. The molecule has 1 amide bonds. The van der Waals surface area contributed by atoms with Crippen LogP contribution in [0.15, 0.2) is 25.3 Å². The zero-order valence-electron chi connectivity index (χ0n) is 18.8. The minimum atomic E-state index is -0.569. The Hall–Kier alpha value is -2.84. The monoisotopic (exact) mass is 441 g/mol. The van der Waals surface area contributed by atoms with E-state index in [0.717, 1.165) is 25.0 Å². The Morgan fingerprint density at radius 2 is 1.42 bits per heavy atom. The molecule has 0 aromatic rings. The van der Waals surface area contributed by atoms with E-state index in [0.29, 0.717) is 13.0 Å². The fraction of sp³-hybridized carbons (Fsp3) is 0.636. The molecule has 0 rings (SSSR count). The number of nitrogens with one attached hydrogen (secondary N) is 1. The molecular formula is C22H35NO8. The van der Waals surface area contributed by atoms with Crippen molar-refractivity contribution in [2.75, 3.05) is 33.0 Å². The second kappa shape index (κ2) is 15.9. The molecule has 1 unspecified atom stereocenters. The summed E-state index contributed by atoms with van der Waals surface area (Å²) in [6.07, 6.45) is 4.08. The molecule has 0 heterocycles. The first-order valence-electron chi connectivity index (χ1n) is 10.2. The molecule has 0 aromatic carbocycles. The summed E-state index contributed by atoms with van der Waals surface area (Å²) in [7, 11) is 0. The van der Waals surface area contributed by atoms with Crippen molar-refractivity contribution in [2.45, 2.75) is 46.5 Å². The SMILES string of the molecule is C=CC(=O)OCCOC(=O)CCC(C)CC(C)(C)CCNC(=O)OCCOC(=O)C=C. The largest absolute Gasteiger partial charge is 0.462 e. The van der Waals surface area contributed by atoms with Gasteiger partial charge in [-0.15, -0.1) is 0 Å². The molecule has 0 aliphatic rings. The predicted octanol–water partition coefficient (Wildman–Crippen LogP) is 2.94. The summed E-state index contributed by atoms with van der Waals surface area (Å²) < 4.78 is 19.4. The maximum absolute atomic E-state index is 11.8. The Morgan fingerprint density at radius 1 is 0.903 bits per heavy atom. The number of alkyl carbamates (subject to hydrolysis) is 1. The van der Waals surface area contributed by atoms with Crippen LogP contribution < -0.4 is 5.32 Å². The highest BCUT2D eigenvalue weighted by molar-refractivity contribution is 5.81. The van der Waals surface area contributed by atoms with Gasteiger partial charge in [-0.3, -0.25) is 4.79 Å². The summed E-state index contributed by atoms with van der Waals surface area (Å²) in [6, 6.07) is 0. The van der Waals surface area contributed by atoms with Crippen LogP contribution in [0.5, 0.6) is 0 Å². The van der Waals surface area contributed by atoms with Crippen molar-refractivity contribution in [2.24, 2.45) is 11.3 Å². The highest BCUT2D eigenvalue weighted by Gasteiger charge is 2.22. The van der Waals surface area contributed by atoms with Gasteiger partial charge in [0.15, 0.2) is 0 Å². The molecule has 0 radical (unpaired) electrons. The van der Waals surface area contributed by atoms with Crippen molar-refractivity contribution < 1.29 is 38.1 Å². The Kier molecular flexibility index (Phi) is 14.5. The molecule has 31 heavy (non-hydrogen) atoms. The third kappa shape index (κ3) is 16.6. The molecule has 9 nitrogen and oxygen atoms in total. The van der Waals surface area contributed by atoms with E-state index in [1.54, 1.807) is 0 Å². The van der Waals surface area contributed by atoms with Gasteiger partial charge in [0.1, 0.15) is 26.4 Å². The van der Waals surface area contributed by atoms with Crippen molar-refractivity contribution in [1.82, 2.24) is 5.32 Å². The number of hydrogen-bond donors (Lipinski definition) is 1. The Bertz CT molecular complexity index is 615. The number of esters is 3. The van der Waals surface area contributed by atoms with Crippen LogP contribution >= 0.6 is 0 Å². The minimum absolute atomic E-state index is 0.00852. The highest BCUT2D eigenvalue weighted by Crippen LogP contribution is 2.30. The van der Waals surface area contributed by atoms with E-state index < -0.39 is 18.0 Å². The number of rotatable bonds is 16. The van der Waals surface area contributed by atoms with Gasteiger partial charge in [-0.1, -0.05) is 33.9 Å². The maximum atomic E-state index is 11.8. The van der Waals surface area contributed by atoms with Gasteiger partial charge in [0.25, 0.3) is 0 Å². The molecule has 0 aliphatic carbocycles. The Labute approximate surface area is 184 Å². The maximum Gasteiger partial charge on any atom is 0.407 e. The second-order valence-corrected chi connectivity index (χ2v) is 7.79. The number of hydrogen-bond acceptors (Lipinski definition) is 8. The van der Waals surface area contributed by atoms with E-state index in [1.807, 2.05) is 0 Å². The van der Waals surface area contributed by atoms with Crippen molar-refractivity contribution in [1.29, 1.82) is 0 Å². The first kappa shape index (κ1) is 28.2. The molecule has 0 aliphatic heterocycles. The van der Waals surface area contributed by atoms with Crippen LogP contribution in [0.3, 0.4) is 0 Å². The van der Waals surface area contributed by atoms with Crippen LogP contribution in [0.1, 0.15) is 46.5 Å². The van der Waals surface area contributed by atoms with Gasteiger partial charge in [-0.05, 0) is 30.6 Å². The normalized spacial score (nSPS) is 11.6. The van der Waals surface area contributed by atoms with E-state index in [1.165, 1.54) is 0 Å². The van der Waals surface area contributed by atoms with E-state index in [4.69, 9.17) is 18.9 Å². The van der Waals surface area contributed by atoms with Gasteiger partial charge in [0.05, 0.1) is 0 Å². The van der Waals surface area contributed by atoms with E-state index in [9.17, 15) is 19.2 Å². The lowest BCUT2D eigenvalue weighted by atomic mass is 9.79. The number of carbonyl (C=O) groups is 4. The van der Waals surface area contributed by atoms with Crippen molar-refractivity contribution in [3.63, 3.8) is 0 Å². The Morgan fingerprint density at radius 3 is 1.97 bits per heavy atom. The van der Waals surface area contributed by atoms with Crippen molar-refractivity contribution in [3.8, 4) is 0 Å². The molecule has 176 valence electrons.